The van der Waals surface area contributed by atoms with Gasteiger partial charge in [-0.1, -0.05) is 5.92 Å². The number of carboxylic acid groups (broad SMARTS) is 1. The Morgan fingerprint density at radius 3 is 2.88 bits per heavy atom. The highest BCUT2D eigenvalue weighted by molar-refractivity contribution is 7.17. The maximum Gasteiger partial charge on any atom is 0.345 e. The fraction of sp³-hybridized carbons (Fsp3) is 0.417. The number of aromatic carboxylic acids is 1. The van der Waals surface area contributed by atoms with Gasteiger partial charge in [0.15, 0.2) is 0 Å². The lowest BCUT2D eigenvalue weighted by Crippen LogP contribution is -2.24. The van der Waals surface area contributed by atoms with Gasteiger partial charge < -0.3 is 10.0 Å². The summed E-state index contributed by atoms with van der Waals surface area (Å²) in [6.07, 6.45) is 7.85. The minimum absolute atomic E-state index is 0.368. The van der Waals surface area contributed by atoms with E-state index >= 15 is 0 Å². The molecule has 0 aromatic carbocycles. The molecular weight excluding hydrogens is 222 g/mol. The summed E-state index contributed by atoms with van der Waals surface area (Å²) in [6.45, 7) is 1.50. The molecule has 1 aliphatic carbocycles. The molecule has 16 heavy (non-hydrogen) atoms. The normalized spacial score (nSPS) is 14.4. The summed E-state index contributed by atoms with van der Waals surface area (Å²) in [6, 6.07) is 3.48. The highest BCUT2D eigenvalue weighted by Crippen LogP contribution is 2.33. The number of terminal acetylenes is 1. The number of hydrogen-bond acceptors (Lipinski definition) is 3. The topological polar surface area (TPSA) is 40.5 Å². The molecule has 0 spiro atoms. The molecule has 1 aliphatic rings. The molecule has 1 aromatic heterocycles. The van der Waals surface area contributed by atoms with Gasteiger partial charge in [-0.3, -0.25) is 0 Å². The lowest BCUT2D eigenvalue weighted by atomic mass is 10.3. The predicted molar refractivity (Wildman–Crippen MR) is 65.0 cm³/mol. The predicted octanol–water partition coefficient (Wildman–Crippen LogP) is 2.30. The van der Waals surface area contributed by atoms with Crippen LogP contribution in [-0.2, 0) is 0 Å². The van der Waals surface area contributed by atoms with Crippen LogP contribution < -0.4 is 4.90 Å². The maximum absolute atomic E-state index is 10.8. The van der Waals surface area contributed by atoms with E-state index in [0.717, 1.165) is 17.5 Å². The third kappa shape index (κ3) is 2.56. The lowest BCUT2D eigenvalue weighted by Gasteiger charge is -2.19. The standard InChI is InChI=1S/C12H13NO2S/c1-2-7-13(8-9-3-4-9)11-6-5-10(16-11)12(14)15/h1,5-6,9H,3-4,7-8H2,(H,14,15). The van der Waals surface area contributed by atoms with Crippen molar-refractivity contribution in [3.8, 4) is 12.3 Å². The zero-order valence-corrected chi connectivity index (χ0v) is 9.67. The number of carboxylic acids is 1. The van der Waals surface area contributed by atoms with Crippen molar-refractivity contribution in [1.82, 2.24) is 0 Å². The second-order valence-electron chi connectivity index (χ2n) is 3.97. The molecule has 1 N–H and O–H groups in total. The van der Waals surface area contributed by atoms with Gasteiger partial charge >= 0.3 is 5.97 Å². The summed E-state index contributed by atoms with van der Waals surface area (Å²) in [5.74, 6) is 2.49. The van der Waals surface area contributed by atoms with Crippen molar-refractivity contribution in [1.29, 1.82) is 0 Å². The van der Waals surface area contributed by atoms with Crippen LogP contribution >= 0.6 is 11.3 Å². The summed E-state index contributed by atoms with van der Waals surface area (Å²) >= 11 is 1.29. The first-order valence-corrected chi connectivity index (χ1v) is 6.04. The smallest absolute Gasteiger partial charge is 0.345 e. The van der Waals surface area contributed by atoms with E-state index in [-0.39, 0.29) is 0 Å². The van der Waals surface area contributed by atoms with E-state index in [2.05, 4.69) is 10.8 Å². The van der Waals surface area contributed by atoms with Crippen LogP contribution in [0.2, 0.25) is 0 Å². The Labute approximate surface area is 98.7 Å². The van der Waals surface area contributed by atoms with E-state index in [4.69, 9.17) is 11.5 Å². The average Bonchev–Trinajstić information content (AvgIpc) is 2.92. The van der Waals surface area contributed by atoms with Crippen molar-refractivity contribution < 1.29 is 9.90 Å². The minimum atomic E-state index is -0.872. The van der Waals surface area contributed by atoms with Crippen molar-refractivity contribution in [3.05, 3.63) is 17.0 Å². The molecule has 1 aromatic rings. The summed E-state index contributed by atoms with van der Waals surface area (Å²) < 4.78 is 0. The van der Waals surface area contributed by atoms with Crippen molar-refractivity contribution >= 4 is 22.3 Å². The van der Waals surface area contributed by atoms with Crippen LogP contribution in [0.15, 0.2) is 12.1 Å². The molecule has 0 radical (unpaired) electrons. The van der Waals surface area contributed by atoms with Gasteiger partial charge in [-0.05, 0) is 30.9 Å². The van der Waals surface area contributed by atoms with Gasteiger partial charge in [-0.25, -0.2) is 4.79 Å². The highest BCUT2D eigenvalue weighted by atomic mass is 32.1. The molecule has 3 nitrogen and oxygen atoms in total. The number of anilines is 1. The summed E-state index contributed by atoms with van der Waals surface area (Å²) in [4.78, 5) is 13.2. The second kappa shape index (κ2) is 4.58. The summed E-state index contributed by atoms with van der Waals surface area (Å²) in [7, 11) is 0. The largest absolute Gasteiger partial charge is 0.477 e. The zero-order chi connectivity index (χ0) is 11.5. The SMILES string of the molecule is C#CCN(CC1CC1)c1ccc(C(=O)O)s1. The number of nitrogens with zero attached hydrogens (tertiary/aromatic N) is 1. The number of hydrogen-bond donors (Lipinski definition) is 1. The number of rotatable bonds is 5. The molecule has 0 aliphatic heterocycles. The minimum Gasteiger partial charge on any atom is -0.477 e. The molecule has 0 bridgehead atoms. The Bertz CT molecular complexity index is 428. The maximum atomic E-state index is 10.8. The monoisotopic (exact) mass is 235 g/mol. The van der Waals surface area contributed by atoms with Gasteiger partial charge in [0.1, 0.15) is 4.88 Å². The quantitative estimate of drug-likeness (QED) is 0.796. The Balaban J connectivity index is 2.10. The van der Waals surface area contributed by atoms with Crippen molar-refractivity contribution in [2.45, 2.75) is 12.8 Å². The van der Waals surface area contributed by atoms with Crippen molar-refractivity contribution in [3.63, 3.8) is 0 Å². The van der Waals surface area contributed by atoms with E-state index < -0.39 is 5.97 Å². The molecule has 1 saturated carbocycles. The highest BCUT2D eigenvalue weighted by Gasteiger charge is 2.25. The fourth-order valence-corrected chi connectivity index (χ4v) is 2.42. The second-order valence-corrected chi connectivity index (χ2v) is 5.03. The van der Waals surface area contributed by atoms with Crippen LogP contribution in [0.25, 0.3) is 0 Å². The molecule has 0 atom stereocenters. The molecule has 1 heterocycles. The van der Waals surface area contributed by atoms with Crippen molar-refractivity contribution in [2.24, 2.45) is 5.92 Å². The van der Waals surface area contributed by atoms with Gasteiger partial charge in [0.2, 0.25) is 0 Å². The van der Waals surface area contributed by atoms with Gasteiger partial charge in [0, 0.05) is 6.54 Å². The third-order valence-electron chi connectivity index (χ3n) is 2.57. The molecule has 4 heteroatoms. The molecule has 84 valence electrons. The fourth-order valence-electron chi connectivity index (χ4n) is 1.57. The van der Waals surface area contributed by atoms with Crippen LogP contribution in [0.1, 0.15) is 22.5 Å². The Morgan fingerprint density at radius 2 is 2.38 bits per heavy atom. The lowest BCUT2D eigenvalue weighted by molar-refractivity contribution is 0.0702. The van der Waals surface area contributed by atoms with Crippen LogP contribution in [0.4, 0.5) is 5.00 Å². The van der Waals surface area contributed by atoms with E-state index in [1.54, 1.807) is 6.07 Å². The molecule has 0 amide bonds. The first-order valence-electron chi connectivity index (χ1n) is 5.22. The molecule has 1 fully saturated rings. The van der Waals surface area contributed by atoms with Gasteiger partial charge in [-0.2, -0.15) is 0 Å². The summed E-state index contributed by atoms with van der Waals surface area (Å²) in [5, 5.41) is 9.82. The van der Waals surface area contributed by atoms with Gasteiger partial charge in [-0.15, -0.1) is 17.8 Å². The molecule has 2 rings (SSSR count). The van der Waals surface area contributed by atoms with Crippen LogP contribution in [0, 0.1) is 18.3 Å². The Kier molecular flexibility index (Phi) is 3.16. The van der Waals surface area contributed by atoms with E-state index in [1.165, 1.54) is 24.2 Å². The van der Waals surface area contributed by atoms with Crippen LogP contribution in [0.3, 0.4) is 0 Å². The van der Waals surface area contributed by atoms with E-state index in [9.17, 15) is 4.79 Å². The first-order chi connectivity index (χ1) is 7.70. The van der Waals surface area contributed by atoms with Gasteiger partial charge in [0.05, 0.1) is 11.5 Å². The molecule has 0 saturated heterocycles. The molecule has 0 unspecified atom stereocenters. The Hall–Kier alpha value is -1.47. The van der Waals surface area contributed by atoms with Crippen molar-refractivity contribution in [2.75, 3.05) is 18.0 Å². The van der Waals surface area contributed by atoms with E-state index in [0.29, 0.717) is 11.4 Å². The zero-order valence-electron chi connectivity index (χ0n) is 8.85. The van der Waals surface area contributed by atoms with Crippen LogP contribution in [-0.4, -0.2) is 24.2 Å². The van der Waals surface area contributed by atoms with E-state index in [1.807, 2.05) is 6.07 Å². The average molecular weight is 235 g/mol. The third-order valence-corrected chi connectivity index (χ3v) is 3.71. The van der Waals surface area contributed by atoms with Gasteiger partial charge in [0.25, 0.3) is 0 Å². The first kappa shape index (κ1) is 11.0. The number of carbonyl (C=O) groups is 1. The van der Waals surface area contributed by atoms with Crippen LogP contribution in [0.5, 0.6) is 0 Å². The summed E-state index contributed by atoms with van der Waals surface area (Å²) in [5.41, 5.74) is 0. The Morgan fingerprint density at radius 1 is 1.62 bits per heavy atom. The molecular formula is C12H13NO2S. The number of thiophene rings is 1.